The van der Waals surface area contributed by atoms with Crippen LogP contribution in [0.2, 0.25) is 0 Å². The predicted molar refractivity (Wildman–Crippen MR) is 122 cm³/mol. The largest absolute Gasteiger partial charge is 0.447 e. The molecule has 0 heterocycles. The molecule has 2 atom stereocenters. The molecule has 7 heteroatoms. The SMILES string of the molecule is CCCCC(=O)C(=O)[C@@H](CC(=O)[C@H](CC(C)C)NC(=O)OCCOC)Cc1ccccc1. The highest BCUT2D eigenvalue weighted by Crippen LogP contribution is 2.19. The molecule has 1 rings (SSSR count). The van der Waals surface area contributed by atoms with Crippen molar-refractivity contribution in [3.8, 4) is 0 Å². The molecule has 0 aromatic heterocycles. The van der Waals surface area contributed by atoms with E-state index in [4.69, 9.17) is 9.47 Å². The molecule has 7 nitrogen and oxygen atoms in total. The number of methoxy groups -OCH3 is 1. The molecule has 0 unspecified atom stereocenters. The maximum absolute atomic E-state index is 13.1. The van der Waals surface area contributed by atoms with Crippen molar-refractivity contribution in [3.05, 3.63) is 35.9 Å². The monoisotopic (exact) mass is 447 g/mol. The summed E-state index contributed by atoms with van der Waals surface area (Å²) in [5.41, 5.74) is 0.884. The summed E-state index contributed by atoms with van der Waals surface area (Å²) in [5, 5.41) is 2.62. The van der Waals surface area contributed by atoms with Gasteiger partial charge in [0.25, 0.3) is 0 Å². The van der Waals surface area contributed by atoms with E-state index in [0.29, 0.717) is 19.3 Å². The van der Waals surface area contributed by atoms with E-state index in [9.17, 15) is 19.2 Å². The van der Waals surface area contributed by atoms with Crippen LogP contribution in [0.25, 0.3) is 0 Å². The number of nitrogens with one attached hydrogen (secondary N) is 1. The molecule has 0 aliphatic heterocycles. The Labute approximate surface area is 191 Å². The quantitative estimate of drug-likeness (QED) is 0.305. The summed E-state index contributed by atoms with van der Waals surface area (Å²) >= 11 is 0. The van der Waals surface area contributed by atoms with Gasteiger partial charge in [0.2, 0.25) is 5.78 Å². The fourth-order valence-electron chi connectivity index (χ4n) is 3.37. The molecule has 1 aromatic rings. The van der Waals surface area contributed by atoms with Crippen LogP contribution in [-0.2, 0) is 30.3 Å². The van der Waals surface area contributed by atoms with E-state index in [1.165, 1.54) is 7.11 Å². The second kappa shape index (κ2) is 15.3. The molecule has 1 amide bonds. The summed E-state index contributed by atoms with van der Waals surface area (Å²) in [6.07, 6.45) is 1.54. The van der Waals surface area contributed by atoms with Crippen LogP contribution < -0.4 is 5.32 Å². The molecule has 32 heavy (non-hydrogen) atoms. The van der Waals surface area contributed by atoms with Crippen LogP contribution in [0.3, 0.4) is 0 Å². The van der Waals surface area contributed by atoms with Crippen LogP contribution in [0.4, 0.5) is 4.79 Å². The first-order chi connectivity index (χ1) is 15.3. The van der Waals surface area contributed by atoms with Crippen LogP contribution >= 0.6 is 0 Å². The number of hydrogen-bond acceptors (Lipinski definition) is 6. The Bertz CT molecular complexity index is 731. The van der Waals surface area contributed by atoms with E-state index < -0.39 is 29.6 Å². The molecule has 1 N–H and O–H groups in total. The number of unbranched alkanes of at least 4 members (excludes halogenated alkanes) is 1. The van der Waals surface area contributed by atoms with Gasteiger partial charge in [0.05, 0.1) is 12.6 Å². The molecule has 0 spiro atoms. The van der Waals surface area contributed by atoms with Crippen molar-refractivity contribution in [3.63, 3.8) is 0 Å². The lowest BCUT2D eigenvalue weighted by molar-refractivity contribution is -0.140. The van der Waals surface area contributed by atoms with E-state index in [-0.39, 0.29) is 37.8 Å². The van der Waals surface area contributed by atoms with Crippen molar-refractivity contribution in [1.29, 1.82) is 0 Å². The summed E-state index contributed by atoms with van der Waals surface area (Å²) in [6.45, 7) is 6.17. The maximum atomic E-state index is 13.1. The Morgan fingerprint density at radius 3 is 2.31 bits per heavy atom. The molecule has 0 saturated heterocycles. The molecule has 0 radical (unpaired) electrons. The van der Waals surface area contributed by atoms with Gasteiger partial charge in [-0.2, -0.15) is 0 Å². The van der Waals surface area contributed by atoms with Crippen LogP contribution in [0, 0.1) is 11.8 Å². The van der Waals surface area contributed by atoms with Gasteiger partial charge < -0.3 is 14.8 Å². The molecule has 0 aliphatic carbocycles. The van der Waals surface area contributed by atoms with Crippen molar-refractivity contribution in [2.75, 3.05) is 20.3 Å². The number of ether oxygens (including phenoxy) is 2. The average molecular weight is 448 g/mol. The van der Waals surface area contributed by atoms with Crippen molar-refractivity contribution in [2.24, 2.45) is 11.8 Å². The zero-order valence-electron chi connectivity index (χ0n) is 19.7. The first-order valence-electron chi connectivity index (χ1n) is 11.3. The third-order valence-corrected chi connectivity index (χ3v) is 5.08. The Morgan fingerprint density at radius 2 is 1.72 bits per heavy atom. The van der Waals surface area contributed by atoms with Gasteiger partial charge in [-0.1, -0.05) is 57.5 Å². The minimum Gasteiger partial charge on any atom is -0.447 e. The first kappa shape index (κ1) is 27.5. The van der Waals surface area contributed by atoms with Gasteiger partial charge in [0, 0.05) is 25.9 Å². The average Bonchev–Trinajstić information content (AvgIpc) is 2.76. The lowest BCUT2D eigenvalue weighted by Gasteiger charge is -2.22. The van der Waals surface area contributed by atoms with Gasteiger partial charge in [0.15, 0.2) is 11.6 Å². The second-order valence-electron chi connectivity index (χ2n) is 8.40. The van der Waals surface area contributed by atoms with Gasteiger partial charge >= 0.3 is 6.09 Å². The zero-order valence-corrected chi connectivity index (χ0v) is 19.7. The summed E-state index contributed by atoms with van der Waals surface area (Å²) in [7, 11) is 1.50. The highest BCUT2D eigenvalue weighted by Gasteiger charge is 2.31. The summed E-state index contributed by atoms with van der Waals surface area (Å²) in [6, 6.07) is 8.54. The summed E-state index contributed by atoms with van der Waals surface area (Å²) < 4.78 is 9.88. The molecule has 1 aromatic carbocycles. The van der Waals surface area contributed by atoms with Crippen molar-refractivity contribution >= 4 is 23.4 Å². The Morgan fingerprint density at radius 1 is 1.03 bits per heavy atom. The molecule has 0 aliphatic rings. The third kappa shape index (κ3) is 10.7. The van der Waals surface area contributed by atoms with Gasteiger partial charge in [-0.25, -0.2) is 4.79 Å². The summed E-state index contributed by atoms with van der Waals surface area (Å²) in [4.78, 5) is 50.5. The fraction of sp³-hybridized carbons (Fsp3) is 0.600. The first-order valence-corrected chi connectivity index (χ1v) is 11.3. The number of benzene rings is 1. The van der Waals surface area contributed by atoms with Crippen LogP contribution in [0.1, 0.15) is 58.4 Å². The van der Waals surface area contributed by atoms with Crippen molar-refractivity contribution in [1.82, 2.24) is 5.32 Å². The molecular formula is C25H37NO6. The molecular weight excluding hydrogens is 410 g/mol. The second-order valence-corrected chi connectivity index (χ2v) is 8.40. The van der Waals surface area contributed by atoms with Gasteiger partial charge in [0.1, 0.15) is 6.61 Å². The van der Waals surface area contributed by atoms with Crippen molar-refractivity contribution < 1.29 is 28.7 Å². The van der Waals surface area contributed by atoms with E-state index in [0.717, 1.165) is 12.0 Å². The van der Waals surface area contributed by atoms with E-state index >= 15 is 0 Å². The lowest BCUT2D eigenvalue weighted by atomic mass is 9.85. The predicted octanol–water partition coefficient (Wildman–Crippen LogP) is 3.92. The smallest absolute Gasteiger partial charge is 0.407 e. The number of Topliss-reactive ketones (excluding diaryl/α,β-unsaturated/α-hetero) is 3. The van der Waals surface area contributed by atoms with E-state index in [1.807, 2.05) is 51.1 Å². The van der Waals surface area contributed by atoms with Gasteiger partial charge in [-0.3, -0.25) is 14.4 Å². The van der Waals surface area contributed by atoms with Gasteiger partial charge in [-0.15, -0.1) is 0 Å². The minimum atomic E-state index is -0.790. The number of ketones is 3. The number of alkyl carbamates (subject to hydrolysis) is 1. The highest BCUT2D eigenvalue weighted by atomic mass is 16.6. The number of amides is 1. The maximum Gasteiger partial charge on any atom is 0.407 e. The van der Waals surface area contributed by atoms with E-state index in [1.54, 1.807) is 0 Å². The van der Waals surface area contributed by atoms with Crippen LogP contribution in [0.15, 0.2) is 30.3 Å². The number of hydrogen-bond donors (Lipinski definition) is 1. The fourth-order valence-corrected chi connectivity index (χ4v) is 3.37. The Hall–Kier alpha value is -2.54. The number of carbonyl (C=O) groups excluding carboxylic acids is 4. The lowest BCUT2D eigenvalue weighted by Crippen LogP contribution is -2.43. The van der Waals surface area contributed by atoms with Crippen LogP contribution in [-0.4, -0.2) is 49.8 Å². The molecule has 0 saturated carbocycles. The molecule has 0 bridgehead atoms. The topological polar surface area (TPSA) is 98.8 Å². The minimum absolute atomic E-state index is 0.0754. The van der Waals surface area contributed by atoms with E-state index in [2.05, 4.69) is 5.32 Å². The zero-order chi connectivity index (χ0) is 23.9. The number of rotatable bonds is 16. The standard InChI is InChI=1S/C25H37NO6/c1-5-6-12-22(27)24(29)20(16-19-10-8-7-9-11-19)17-23(28)21(15-18(2)3)26-25(30)32-14-13-31-4/h7-11,18,20-21H,5-6,12-17H2,1-4H3,(H,26,30)/t20-,21+/m1/s1. The van der Waals surface area contributed by atoms with Gasteiger partial charge in [-0.05, 0) is 30.7 Å². The Kier molecular flexibility index (Phi) is 13.1. The molecule has 178 valence electrons. The highest BCUT2D eigenvalue weighted by molar-refractivity contribution is 6.38. The normalized spacial score (nSPS) is 12.8. The van der Waals surface area contributed by atoms with Crippen molar-refractivity contribution in [2.45, 2.75) is 65.3 Å². The Balaban J connectivity index is 2.95. The van der Waals surface area contributed by atoms with Crippen LogP contribution in [0.5, 0.6) is 0 Å². The number of carbonyl (C=O) groups is 4. The third-order valence-electron chi connectivity index (χ3n) is 5.08. The summed E-state index contributed by atoms with van der Waals surface area (Å²) in [5.74, 6) is -1.84. The molecule has 0 fully saturated rings.